The minimum atomic E-state index is -0.464. The Balaban J connectivity index is 0.00000124. The van der Waals surface area contributed by atoms with Crippen LogP contribution in [-0.2, 0) is 5.41 Å². The first-order chi connectivity index (χ1) is 14.7. The molecule has 2 heterocycles. The number of aromatic nitrogens is 1. The molecule has 2 fully saturated rings. The molecule has 2 aliphatic rings. The Morgan fingerprint density at radius 2 is 1.93 bits per heavy atom. The third-order valence-corrected chi connectivity index (χ3v) is 5.70. The normalized spacial score (nSPS) is 17.0. The van der Waals surface area contributed by atoms with Crippen molar-refractivity contribution in [3.05, 3.63) is 53.7 Å². The lowest BCUT2D eigenvalue weighted by molar-refractivity contribution is 0.0765. The molecule has 0 unspecified atom stereocenters. The number of terminal acetylenes is 1. The molecule has 1 amide bonds. The molecular weight excluding hydrogens is 376 g/mol. The lowest BCUT2D eigenvalue weighted by Gasteiger charge is -2.24. The largest absolute Gasteiger partial charge is 0.497 e. The van der Waals surface area contributed by atoms with Crippen LogP contribution >= 0.6 is 0 Å². The van der Waals surface area contributed by atoms with E-state index in [0.29, 0.717) is 18.7 Å². The van der Waals surface area contributed by atoms with Gasteiger partial charge in [-0.25, -0.2) is 4.98 Å². The smallest absolute Gasteiger partial charge is 0.254 e. The molecule has 6 nitrogen and oxygen atoms in total. The van der Waals surface area contributed by atoms with Gasteiger partial charge in [0, 0.05) is 44.0 Å². The van der Waals surface area contributed by atoms with Crippen LogP contribution in [0.5, 0.6) is 5.75 Å². The summed E-state index contributed by atoms with van der Waals surface area (Å²) in [5.74, 6) is 1.68. The van der Waals surface area contributed by atoms with Gasteiger partial charge in [0.05, 0.1) is 18.6 Å². The zero-order valence-electron chi connectivity index (χ0n) is 17.3. The summed E-state index contributed by atoms with van der Waals surface area (Å²) in [6.07, 6.45) is 12.3. The molecule has 2 aromatic rings. The van der Waals surface area contributed by atoms with Gasteiger partial charge >= 0.3 is 0 Å². The fraction of sp³-hybridized carbons (Fsp3) is 0.375. The number of carbonyl (C=O) groups is 1. The predicted molar refractivity (Wildman–Crippen MR) is 116 cm³/mol. The van der Waals surface area contributed by atoms with E-state index in [-0.39, 0.29) is 5.91 Å². The van der Waals surface area contributed by atoms with E-state index < -0.39 is 5.41 Å². The number of ether oxygens (including phenoxy) is 1. The fourth-order valence-electron chi connectivity index (χ4n) is 3.87. The molecule has 1 aromatic carbocycles. The zero-order valence-corrected chi connectivity index (χ0v) is 17.3. The molecule has 1 saturated carbocycles. The standard InChI is InChI=1S/C22H24N4O2.C2H2/c1-28-17-7-10-24-20(15-17)25-11-4-12-26(14-13-25)21(27)18-5-2-3-6-19(18)22(16-23)8-9-22;1-2/h2-3,5-7,10,15H,4,8-9,11-14H2,1H3;1-2H. The Kier molecular flexibility index (Phi) is 6.59. The fourth-order valence-corrected chi connectivity index (χ4v) is 3.87. The van der Waals surface area contributed by atoms with Gasteiger partial charge in [-0.2, -0.15) is 5.26 Å². The van der Waals surface area contributed by atoms with Crippen LogP contribution in [0.3, 0.4) is 0 Å². The number of nitriles is 1. The van der Waals surface area contributed by atoms with Crippen LogP contribution in [0, 0.1) is 24.2 Å². The number of amides is 1. The molecular formula is C24H26N4O2. The molecule has 0 N–H and O–H groups in total. The van der Waals surface area contributed by atoms with Gasteiger partial charge in [0.15, 0.2) is 0 Å². The molecule has 1 saturated heterocycles. The molecule has 1 aromatic heterocycles. The Labute approximate surface area is 178 Å². The summed E-state index contributed by atoms with van der Waals surface area (Å²) in [4.78, 5) is 21.8. The lowest BCUT2D eigenvalue weighted by Crippen LogP contribution is -2.36. The zero-order chi connectivity index (χ0) is 21.6. The van der Waals surface area contributed by atoms with Crippen LogP contribution in [0.4, 0.5) is 5.82 Å². The van der Waals surface area contributed by atoms with Crippen molar-refractivity contribution in [1.82, 2.24) is 9.88 Å². The van der Waals surface area contributed by atoms with Crippen LogP contribution in [0.2, 0.25) is 0 Å². The highest BCUT2D eigenvalue weighted by atomic mass is 16.5. The van der Waals surface area contributed by atoms with Gasteiger partial charge in [-0.15, -0.1) is 12.8 Å². The minimum absolute atomic E-state index is 0.0255. The minimum Gasteiger partial charge on any atom is -0.497 e. The molecule has 0 bridgehead atoms. The van der Waals surface area contributed by atoms with Crippen LogP contribution < -0.4 is 9.64 Å². The van der Waals surface area contributed by atoms with Gasteiger partial charge in [0.1, 0.15) is 11.6 Å². The van der Waals surface area contributed by atoms with Crippen molar-refractivity contribution < 1.29 is 9.53 Å². The summed E-state index contributed by atoms with van der Waals surface area (Å²) in [5.41, 5.74) is 1.10. The molecule has 1 aliphatic carbocycles. The van der Waals surface area contributed by atoms with Gasteiger partial charge < -0.3 is 14.5 Å². The average molecular weight is 402 g/mol. The summed E-state index contributed by atoms with van der Waals surface area (Å²) in [5, 5.41) is 9.58. The summed E-state index contributed by atoms with van der Waals surface area (Å²) in [7, 11) is 1.65. The number of nitrogens with zero attached hydrogens (tertiary/aromatic N) is 4. The van der Waals surface area contributed by atoms with Gasteiger partial charge in [-0.1, -0.05) is 18.2 Å². The molecule has 0 spiro atoms. The van der Waals surface area contributed by atoms with Crippen molar-refractivity contribution in [1.29, 1.82) is 5.26 Å². The summed E-state index contributed by atoms with van der Waals surface area (Å²) in [6.45, 7) is 2.89. The van der Waals surface area contributed by atoms with E-state index in [1.165, 1.54) is 0 Å². The third kappa shape index (κ3) is 4.23. The molecule has 6 heteroatoms. The number of hydrogen-bond donors (Lipinski definition) is 0. The van der Waals surface area contributed by atoms with E-state index in [0.717, 1.165) is 49.5 Å². The van der Waals surface area contributed by atoms with Crippen molar-refractivity contribution in [3.8, 4) is 24.7 Å². The summed E-state index contributed by atoms with van der Waals surface area (Å²) >= 11 is 0. The number of anilines is 1. The Morgan fingerprint density at radius 1 is 1.17 bits per heavy atom. The van der Waals surface area contributed by atoms with E-state index in [2.05, 4.69) is 28.8 Å². The number of pyridine rings is 1. The molecule has 0 radical (unpaired) electrons. The third-order valence-electron chi connectivity index (χ3n) is 5.70. The Bertz CT molecular complexity index is 959. The molecule has 30 heavy (non-hydrogen) atoms. The SMILES string of the molecule is C#C.COc1ccnc(N2CCCN(C(=O)c3ccccc3C3(C#N)CC3)CC2)c1. The number of rotatable bonds is 4. The topological polar surface area (TPSA) is 69.5 Å². The quantitative estimate of drug-likeness (QED) is 0.735. The van der Waals surface area contributed by atoms with Crippen molar-refractivity contribution in [2.24, 2.45) is 0 Å². The van der Waals surface area contributed by atoms with E-state index in [4.69, 9.17) is 4.74 Å². The van der Waals surface area contributed by atoms with Crippen molar-refractivity contribution in [2.45, 2.75) is 24.7 Å². The second-order valence-corrected chi connectivity index (χ2v) is 7.43. The van der Waals surface area contributed by atoms with Gasteiger partial charge in [0.25, 0.3) is 5.91 Å². The van der Waals surface area contributed by atoms with Gasteiger partial charge in [0.2, 0.25) is 0 Å². The van der Waals surface area contributed by atoms with Crippen LogP contribution in [0.15, 0.2) is 42.6 Å². The second kappa shape index (κ2) is 9.33. The first-order valence-corrected chi connectivity index (χ1v) is 10.1. The molecule has 0 atom stereocenters. The highest BCUT2D eigenvalue weighted by Gasteiger charge is 2.47. The Hall–Kier alpha value is -3.51. The molecule has 4 rings (SSSR count). The number of hydrogen-bond acceptors (Lipinski definition) is 5. The summed E-state index contributed by atoms with van der Waals surface area (Å²) < 4.78 is 5.30. The molecule has 154 valence electrons. The maximum atomic E-state index is 13.3. The highest BCUT2D eigenvalue weighted by molar-refractivity contribution is 5.96. The van der Waals surface area contributed by atoms with E-state index in [9.17, 15) is 10.1 Å². The van der Waals surface area contributed by atoms with Gasteiger partial charge in [-0.3, -0.25) is 4.79 Å². The Morgan fingerprint density at radius 3 is 2.63 bits per heavy atom. The first kappa shape index (κ1) is 21.2. The van der Waals surface area contributed by atoms with Crippen molar-refractivity contribution in [3.63, 3.8) is 0 Å². The van der Waals surface area contributed by atoms with Crippen molar-refractivity contribution in [2.75, 3.05) is 38.2 Å². The van der Waals surface area contributed by atoms with Gasteiger partial charge in [-0.05, 0) is 37.0 Å². The maximum absolute atomic E-state index is 13.3. The first-order valence-electron chi connectivity index (χ1n) is 10.1. The number of benzene rings is 1. The maximum Gasteiger partial charge on any atom is 0.254 e. The van der Waals surface area contributed by atoms with Crippen LogP contribution in [0.1, 0.15) is 35.2 Å². The average Bonchev–Trinajstić information content (AvgIpc) is 3.64. The number of carbonyl (C=O) groups excluding carboxylic acids is 1. The highest BCUT2D eigenvalue weighted by Crippen LogP contribution is 2.48. The number of methoxy groups -OCH3 is 1. The van der Waals surface area contributed by atoms with Crippen LogP contribution in [0.25, 0.3) is 0 Å². The van der Waals surface area contributed by atoms with Crippen molar-refractivity contribution >= 4 is 11.7 Å². The van der Waals surface area contributed by atoms with E-state index >= 15 is 0 Å². The molecule has 1 aliphatic heterocycles. The van der Waals surface area contributed by atoms with E-state index in [1.807, 2.05) is 41.3 Å². The summed E-state index contributed by atoms with van der Waals surface area (Å²) in [6, 6.07) is 13.8. The lowest BCUT2D eigenvalue weighted by atomic mass is 9.92. The monoisotopic (exact) mass is 402 g/mol. The predicted octanol–water partition coefficient (Wildman–Crippen LogP) is 3.25. The van der Waals surface area contributed by atoms with E-state index in [1.54, 1.807) is 13.3 Å². The second-order valence-electron chi connectivity index (χ2n) is 7.43. The van der Waals surface area contributed by atoms with Crippen LogP contribution in [-0.4, -0.2) is 49.1 Å².